The highest BCUT2D eigenvalue weighted by Crippen LogP contribution is 2.54. The first kappa shape index (κ1) is 12.9. The van der Waals surface area contributed by atoms with Crippen LogP contribution in [0.1, 0.15) is 36.5 Å². The molecule has 1 aromatic heterocycles. The Morgan fingerprint density at radius 2 is 2.17 bits per heavy atom. The van der Waals surface area contributed by atoms with Gasteiger partial charge in [-0.1, -0.05) is 26.0 Å². The molecule has 4 heterocycles. The average Bonchev–Trinajstić information content (AvgIpc) is 3.06. The predicted molar refractivity (Wildman–Crippen MR) is 84.1 cm³/mol. The molecule has 23 heavy (non-hydrogen) atoms. The molecule has 2 aromatic rings. The zero-order valence-electron chi connectivity index (χ0n) is 12.9. The highest BCUT2D eigenvalue weighted by molar-refractivity contribution is 5.90. The Balaban J connectivity index is 1.77. The molecule has 2 atom stereocenters. The number of nitrogens with one attached hydrogen (secondary N) is 1. The summed E-state index contributed by atoms with van der Waals surface area (Å²) in [6, 6.07) is 7.58. The standard InChI is InChI=1S/C18H16N2O3/c1-18(2)8-22-15-10(18)5-6-11-13(15)12-9-4-3-7-19-16(9)23-17(21)14(12)20-11/h3-7,12,14,20H,8H2,1-2H3. The number of esters is 1. The van der Waals surface area contributed by atoms with Gasteiger partial charge in [-0.05, 0) is 12.1 Å². The Morgan fingerprint density at radius 3 is 3.04 bits per heavy atom. The van der Waals surface area contributed by atoms with Gasteiger partial charge in [0.2, 0.25) is 5.88 Å². The summed E-state index contributed by atoms with van der Waals surface area (Å²) in [4.78, 5) is 16.6. The van der Waals surface area contributed by atoms with E-state index in [1.165, 1.54) is 5.56 Å². The number of hydrogen-bond donors (Lipinski definition) is 1. The first-order chi connectivity index (χ1) is 11.1. The van der Waals surface area contributed by atoms with Crippen molar-refractivity contribution in [3.63, 3.8) is 0 Å². The lowest BCUT2D eigenvalue weighted by Gasteiger charge is -2.26. The molecule has 3 aliphatic heterocycles. The van der Waals surface area contributed by atoms with E-state index in [-0.39, 0.29) is 17.3 Å². The predicted octanol–water partition coefficient (Wildman–Crippen LogP) is 2.60. The Bertz CT molecular complexity index is 859. The summed E-state index contributed by atoms with van der Waals surface area (Å²) in [5.74, 6) is 0.919. The Hall–Kier alpha value is -2.56. The lowest BCUT2D eigenvalue weighted by Crippen LogP contribution is -2.38. The normalized spacial score (nSPS) is 25.4. The maximum absolute atomic E-state index is 12.4. The van der Waals surface area contributed by atoms with E-state index in [1.54, 1.807) is 6.20 Å². The number of aromatic nitrogens is 1. The number of nitrogens with zero attached hydrogens (tertiary/aromatic N) is 1. The summed E-state index contributed by atoms with van der Waals surface area (Å²) < 4.78 is 11.4. The van der Waals surface area contributed by atoms with Gasteiger partial charge in [-0.15, -0.1) is 0 Å². The van der Waals surface area contributed by atoms with E-state index in [1.807, 2.05) is 18.2 Å². The minimum absolute atomic E-state index is 0.0185. The lowest BCUT2D eigenvalue weighted by atomic mass is 9.81. The van der Waals surface area contributed by atoms with Crippen LogP contribution >= 0.6 is 0 Å². The summed E-state index contributed by atoms with van der Waals surface area (Å²) in [5.41, 5.74) is 4.12. The van der Waals surface area contributed by atoms with Gasteiger partial charge in [0.15, 0.2) is 0 Å². The van der Waals surface area contributed by atoms with Crippen molar-refractivity contribution in [1.82, 2.24) is 4.98 Å². The molecule has 5 heteroatoms. The molecule has 5 nitrogen and oxygen atoms in total. The Kier molecular flexibility index (Phi) is 2.27. The molecule has 1 aromatic carbocycles. The van der Waals surface area contributed by atoms with Gasteiger partial charge in [0.05, 0.1) is 12.5 Å². The molecule has 1 N–H and O–H groups in total. The van der Waals surface area contributed by atoms with Crippen LogP contribution in [-0.2, 0) is 10.2 Å². The molecule has 0 bridgehead atoms. The first-order valence-corrected chi connectivity index (χ1v) is 7.79. The largest absolute Gasteiger partial charge is 0.492 e. The van der Waals surface area contributed by atoms with Gasteiger partial charge >= 0.3 is 5.97 Å². The van der Waals surface area contributed by atoms with Crippen molar-refractivity contribution in [2.75, 3.05) is 11.9 Å². The summed E-state index contributed by atoms with van der Waals surface area (Å²) in [5, 5.41) is 3.30. The van der Waals surface area contributed by atoms with Crippen LogP contribution in [0.4, 0.5) is 5.69 Å². The highest BCUT2D eigenvalue weighted by atomic mass is 16.5. The molecule has 116 valence electrons. The number of hydrogen-bond acceptors (Lipinski definition) is 5. The molecule has 3 aliphatic rings. The van der Waals surface area contributed by atoms with E-state index in [0.717, 1.165) is 22.6 Å². The van der Waals surface area contributed by atoms with Crippen molar-refractivity contribution in [2.24, 2.45) is 0 Å². The van der Waals surface area contributed by atoms with Gasteiger partial charge in [-0.25, -0.2) is 9.78 Å². The van der Waals surface area contributed by atoms with Gasteiger partial charge in [0, 0.05) is 34.0 Å². The third-order valence-corrected chi connectivity index (χ3v) is 5.04. The lowest BCUT2D eigenvalue weighted by molar-refractivity contribution is -0.136. The quantitative estimate of drug-likeness (QED) is 0.758. The van der Waals surface area contributed by atoms with Gasteiger partial charge in [0.1, 0.15) is 11.8 Å². The zero-order valence-corrected chi connectivity index (χ0v) is 12.9. The molecule has 0 saturated heterocycles. The molecule has 0 saturated carbocycles. The van der Waals surface area contributed by atoms with Crippen LogP contribution in [0.3, 0.4) is 0 Å². The van der Waals surface area contributed by atoms with E-state index < -0.39 is 6.04 Å². The molecule has 0 aliphatic carbocycles. The summed E-state index contributed by atoms with van der Waals surface area (Å²) in [7, 11) is 0. The van der Waals surface area contributed by atoms with Crippen LogP contribution in [-0.4, -0.2) is 23.6 Å². The van der Waals surface area contributed by atoms with Crippen molar-refractivity contribution >= 4 is 11.7 Å². The molecule has 0 fully saturated rings. The fraction of sp³-hybridized carbons (Fsp3) is 0.333. The number of benzene rings is 1. The zero-order chi connectivity index (χ0) is 15.8. The number of anilines is 1. The second-order valence-electron chi connectivity index (χ2n) is 6.99. The fourth-order valence-electron chi connectivity index (χ4n) is 3.88. The maximum Gasteiger partial charge on any atom is 0.336 e. The highest BCUT2D eigenvalue weighted by Gasteiger charge is 2.48. The van der Waals surface area contributed by atoms with Crippen molar-refractivity contribution in [1.29, 1.82) is 0 Å². The second kappa shape index (κ2) is 4.04. The van der Waals surface area contributed by atoms with Crippen molar-refractivity contribution in [2.45, 2.75) is 31.2 Å². The van der Waals surface area contributed by atoms with Gasteiger partial charge in [0.25, 0.3) is 0 Å². The number of pyridine rings is 1. The SMILES string of the molecule is CC1(C)COc2c1ccc1c2C2c3cccnc3OC(=O)C2N1. The number of ether oxygens (including phenoxy) is 2. The van der Waals surface area contributed by atoms with Gasteiger partial charge in [-0.3, -0.25) is 0 Å². The van der Waals surface area contributed by atoms with Gasteiger partial charge in [-0.2, -0.15) is 0 Å². The molecule has 5 rings (SSSR count). The molecule has 0 spiro atoms. The van der Waals surface area contributed by atoms with Crippen LogP contribution in [0, 0.1) is 0 Å². The third-order valence-electron chi connectivity index (χ3n) is 5.04. The molecule has 0 radical (unpaired) electrons. The minimum Gasteiger partial charge on any atom is -0.492 e. The number of fused-ring (bicyclic) bond motifs is 7. The Morgan fingerprint density at radius 1 is 1.30 bits per heavy atom. The van der Waals surface area contributed by atoms with Gasteiger partial charge < -0.3 is 14.8 Å². The van der Waals surface area contributed by atoms with Crippen LogP contribution in [0.25, 0.3) is 0 Å². The van der Waals surface area contributed by atoms with E-state index in [0.29, 0.717) is 12.5 Å². The van der Waals surface area contributed by atoms with Crippen molar-refractivity contribution in [3.8, 4) is 11.6 Å². The van der Waals surface area contributed by atoms with Crippen molar-refractivity contribution < 1.29 is 14.3 Å². The van der Waals surface area contributed by atoms with E-state index in [4.69, 9.17) is 9.47 Å². The average molecular weight is 308 g/mol. The molecule has 0 amide bonds. The van der Waals surface area contributed by atoms with E-state index in [2.05, 4.69) is 30.2 Å². The summed E-state index contributed by atoms with van der Waals surface area (Å²) >= 11 is 0. The summed E-state index contributed by atoms with van der Waals surface area (Å²) in [6.07, 6.45) is 1.64. The Labute approximate surface area is 133 Å². The van der Waals surface area contributed by atoms with Crippen LogP contribution in [0.5, 0.6) is 11.6 Å². The van der Waals surface area contributed by atoms with E-state index in [9.17, 15) is 4.79 Å². The minimum atomic E-state index is -0.416. The number of rotatable bonds is 0. The van der Waals surface area contributed by atoms with Crippen LogP contribution in [0.2, 0.25) is 0 Å². The number of carbonyl (C=O) groups is 1. The topological polar surface area (TPSA) is 60.5 Å². The maximum atomic E-state index is 12.4. The smallest absolute Gasteiger partial charge is 0.336 e. The molecule has 2 unspecified atom stereocenters. The third kappa shape index (κ3) is 1.57. The van der Waals surface area contributed by atoms with Crippen LogP contribution in [0.15, 0.2) is 30.5 Å². The van der Waals surface area contributed by atoms with Crippen LogP contribution < -0.4 is 14.8 Å². The number of carbonyl (C=O) groups excluding carboxylic acids is 1. The fourth-order valence-corrected chi connectivity index (χ4v) is 3.88. The molecular formula is C18H16N2O3. The molecular weight excluding hydrogens is 292 g/mol. The van der Waals surface area contributed by atoms with Crippen molar-refractivity contribution in [3.05, 3.63) is 47.2 Å². The summed E-state index contributed by atoms with van der Waals surface area (Å²) in [6.45, 7) is 5.01. The van der Waals surface area contributed by atoms with E-state index >= 15 is 0 Å². The monoisotopic (exact) mass is 308 g/mol. The second-order valence-corrected chi connectivity index (χ2v) is 6.99. The first-order valence-electron chi connectivity index (χ1n) is 7.79.